The van der Waals surface area contributed by atoms with Gasteiger partial charge in [-0.05, 0) is 28.8 Å². The van der Waals surface area contributed by atoms with Gasteiger partial charge in [-0.15, -0.1) is 0 Å². The number of hydrogen-bond donors (Lipinski definition) is 1. The fourth-order valence-electron chi connectivity index (χ4n) is 1.16. The number of anilines is 1. The molecule has 2 unspecified atom stereocenters. The van der Waals surface area contributed by atoms with Gasteiger partial charge in [0.05, 0.1) is 4.47 Å². The molecule has 0 aromatic carbocycles. The molecule has 0 saturated carbocycles. The third-order valence-corrected chi connectivity index (χ3v) is 3.87. The van der Waals surface area contributed by atoms with Crippen LogP contribution in [0, 0.1) is 5.92 Å². The van der Waals surface area contributed by atoms with Gasteiger partial charge >= 0.3 is 0 Å². The first-order valence-electron chi connectivity index (χ1n) is 4.98. The van der Waals surface area contributed by atoms with Crippen LogP contribution < -0.4 is 5.32 Å². The number of aromatic nitrogens is 2. The van der Waals surface area contributed by atoms with Crippen LogP contribution in [0.3, 0.4) is 0 Å². The highest BCUT2D eigenvalue weighted by molar-refractivity contribution is 9.10. The molecular weight excluding hydrogens is 277 g/mol. The molecule has 1 rings (SSSR count). The zero-order valence-corrected chi connectivity index (χ0v) is 11.4. The molecule has 5 heteroatoms. The topological polar surface area (TPSA) is 37.8 Å². The Morgan fingerprint density at radius 1 is 1.47 bits per heavy atom. The van der Waals surface area contributed by atoms with E-state index in [2.05, 4.69) is 52.0 Å². The van der Waals surface area contributed by atoms with E-state index < -0.39 is 0 Å². The lowest BCUT2D eigenvalue weighted by molar-refractivity contribution is 0.493. The second kappa shape index (κ2) is 5.66. The van der Waals surface area contributed by atoms with Gasteiger partial charge in [0.25, 0.3) is 0 Å². The van der Waals surface area contributed by atoms with E-state index in [0.717, 1.165) is 16.7 Å². The number of halogens is 2. The summed E-state index contributed by atoms with van der Waals surface area (Å²) in [5.41, 5.74) is 0. The molecule has 0 aliphatic carbocycles. The summed E-state index contributed by atoms with van der Waals surface area (Å²) in [6.45, 7) is 6.51. The molecule has 1 heterocycles. The lowest BCUT2D eigenvalue weighted by Crippen LogP contribution is -2.24. The van der Waals surface area contributed by atoms with Gasteiger partial charge < -0.3 is 5.32 Å². The van der Waals surface area contributed by atoms with E-state index in [0.29, 0.717) is 17.1 Å². The van der Waals surface area contributed by atoms with Crippen molar-refractivity contribution < 1.29 is 0 Å². The molecule has 84 valence electrons. The van der Waals surface area contributed by atoms with E-state index in [1.807, 2.05) is 0 Å². The van der Waals surface area contributed by atoms with Gasteiger partial charge in [0.2, 0.25) is 0 Å². The van der Waals surface area contributed by atoms with Crippen LogP contribution in [0.25, 0.3) is 0 Å². The lowest BCUT2D eigenvalue weighted by atomic mass is 10.0. The minimum atomic E-state index is 0.359. The Balaban J connectivity index is 2.76. The third-order valence-electron chi connectivity index (χ3n) is 2.61. The van der Waals surface area contributed by atoms with Gasteiger partial charge in [-0.3, -0.25) is 0 Å². The van der Waals surface area contributed by atoms with Crippen molar-refractivity contribution in [3.63, 3.8) is 0 Å². The maximum atomic E-state index is 5.87. The van der Waals surface area contributed by atoms with Crippen LogP contribution in [0.1, 0.15) is 27.2 Å². The van der Waals surface area contributed by atoms with Crippen molar-refractivity contribution in [1.82, 2.24) is 9.97 Å². The van der Waals surface area contributed by atoms with Crippen molar-refractivity contribution >= 4 is 33.3 Å². The number of nitrogens with zero attached hydrogens (tertiary/aromatic N) is 2. The Labute approximate surface area is 104 Å². The molecule has 0 bridgehead atoms. The first-order valence-corrected chi connectivity index (χ1v) is 6.15. The van der Waals surface area contributed by atoms with Gasteiger partial charge in [-0.25, -0.2) is 9.97 Å². The van der Waals surface area contributed by atoms with Crippen molar-refractivity contribution in [2.45, 2.75) is 33.2 Å². The van der Waals surface area contributed by atoms with Crippen molar-refractivity contribution in [2.24, 2.45) is 5.92 Å². The average molecular weight is 293 g/mol. The first-order chi connectivity index (χ1) is 7.06. The monoisotopic (exact) mass is 291 g/mol. The van der Waals surface area contributed by atoms with Crippen LogP contribution >= 0.6 is 27.5 Å². The molecule has 0 aliphatic heterocycles. The van der Waals surface area contributed by atoms with E-state index in [-0.39, 0.29) is 0 Å². The van der Waals surface area contributed by atoms with Crippen molar-refractivity contribution in [3.05, 3.63) is 16.0 Å². The minimum Gasteiger partial charge on any atom is -0.366 e. The lowest BCUT2D eigenvalue weighted by Gasteiger charge is -2.20. The Kier molecular flexibility index (Phi) is 4.80. The van der Waals surface area contributed by atoms with Crippen molar-refractivity contribution in [3.8, 4) is 0 Å². The second-order valence-corrected chi connectivity index (χ2v) is 4.80. The zero-order chi connectivity index (χ0) is 11.4. The van der Waals surface area contributed by atoms with E-state index >= 15 is 0 Å². The highest BCUT2D eigenvalue weighted by Crippen LogP contribution is 2.27. The quantitative estimate of drug-likeness (QED) is 0.859. The Bertz CT molecular complexity index is 332. The molecular formula is C10H15BrClN3. The molecule has 0 fully saturated rings. The van der Waals surface area contributed by atoms with Crippen molar-refractivity contribution in [2.75, 3.05) is 5.32 Å². The van der Waals surface area contributed by atoms with Crippen LogP contribution in [-0.2, 0) is 0 Å². The van der Waals surface area contributed by atoms with Gasteiger partial charge in [-0.2, -0.15) is 0 Å². The maximum Gasteiger partial charge on any atom is 0.148 e. The van der Waals surface area contributed by atoms with Gasteiger partial charge in [0, 0.05) is 6.04 Å². The van der Waals surface area contributed by atoms with E-state index in [1.54, 1.807) is 0 Å². The molecule has 2 atom stereocenters. The van der Waals surface area contributed by atoms with Crippen LogP contribution in [0.15, 0.2) is 10.8 Å². The number of rotatable bonds is 4. The van der Waals surface area contributed by atoms with Crippen LogP contribution in [0.4, 0.5) is 5.82 Å². The summed E-state index contributed by atoms with van der Waals surface area (Å²) in [6.07, 6.45) is 2.59. The molecule has 0 spiro atoms. The van der Waals surface area contributed by atoms with E-state index in [1.165, 1.54) is 6.33 Å². The predicted octanol–water partition coefficient (Wildman–Crippen LogP) is 3.74. The predicted molar refractivity (Wildman–Crippen MR) is 67.3 cm³/mol. The first kappa shape index (κ1) is 12.7. The average Bonchev–Trinajstić information content (AvgIpc) is 2.23. The van der Waals surface area contributed by atoms with E-state index in [9.17, 15) is 0 Å². The summed E-state index contributed by atoms with van der Waals surface area (Å²) in [4.78, 5) is 8.02. The summed E-state index contributed by atoms with van der Waals surface area (Å²) >= 11 is 9.23. The molecule has 0 aliphatic rings. The highest BCUT2D eigenvalue weighted by Gasteiger charge is 2.13. The molecule has 0 saturated heterocycles. The molecule has 1 N–H and O–H groups in total. The normalized spacial score (nSPS) is 14.7. The van der Waals surface area contributed by atoms with Gasteiger partial charge in [-0.1, -0.05) is 31.9 Å². The van der Waals surface area contributed by atoms with Crippen LogP contribution in [0.5, 0.6) is 0 Å². The second-order valence-electron chi connectivity index (χ2n) is 3.65. The molecule has 1 aromatic rings. The smallest absolute Gasteiger partial charge is 0.148 e. The van der Waals surface area contributed by atoms with Crippen molar-refractivity contribution in [1.29, 1.82) is 0 Å². The Morgan fingerprint density at radius 3 is 2.73 bits per heavy atom. The standard InChI is InChI=1S/C10H15BrClN3/c1-4-6(2)7(3)15-10-8(11)9(12)13-5-14-10/h5-7H,4H2,1-3H3,(H,13,14,15). The van der Waals surface area contributed by atoms with Gasteiger partial charge in [0.15, 0.2) is 0 Å². The van der Waals surface area contributed by atoms with E-state index in [4.69, 9.17) is 11.6 Å². The Morgan fingerprint density at radius 2 is 2.13 bits per heavy atom. The summed E-state index contributed by atoms with van der Waals surface area (Å²) in [5, 5.41) is 3.75. The molecule has 15 heavy (non-hydrogen) atoms. The molecule has 0 radical (unpaired) electrons. The summed E-state index contributed by atoms with van der Waals surface area (Å²) in [6, 6.07) is 0.359. The largest absolute Gasteiger partial charge is 0.366 e. The SMILES string of the molecule is CCC(C)C(C)Nc1ncnc(Cl)c1Br. The fraction of sp³-hybridized carbons (Fsp3) is 0.600. The zero-order valence-electron chi connectivity index (χ0n) is 9.09. The molecule has 3 nitrogen and oxygen atoms in total. The molecule has 0 amide bonds. The summed E-state index contributed by atoms with van der Waals surface area (Å²) in [7, 11) is 0. The highest BCUT2D eigenvalue weighted by atomic mass is 79.9. The third kappa shape index (κ3) is 3.31. The Hall–Kier alpha value is -0.350. The molecule has 1 aromatic heterocycles. The summed E-state index contributed by atoms with van der Waals surface area (Å²) in [5.74, 6) is 1.34. The fourth-order valence-corrected chi connectivity index (χ4v) is 1.61. The number of hydrogen-bond acceptors (Lipinski definition) is 3. The number of nitrogens with one attached hydrogen (secondary N) is 1. The van der Waals surface area contributed by atoms with Crippen LogP contribution in [0.2, 0.25) is 5.15 Å². The van der Waals surface area contributed by atoms with Crippen LogP contribution in [-0.4, -0.2) is 16.0 Å². The van der Waals surface area contributed by atoms with Gasteiger partial charge in [0.1, 0.15) is 17.3 Å². The summed E-state index contributed by atoms with van der Waals surface area (Å²) < 4.78 is 0.724. The minimum absolute atomic E-state index is 0.359. The maximum absolute atomic E-state index is 5.87.